The molecule has 4 nitrogen and oxygen atoms in total. The third kappa shape index (κ3) is 1.08. The number of hydrogen-bond acceptors (Lipinski definition) is 3. The van der Waals surface area contributed by atoms with Crippen molar-refractivity contribution in [2.24, 2.45) is 7.05 Å². The highest BCUT2D eigenvalue weighted by atomic mass is 15.3. The number of aryl methyl sites for hydroxylation is 1. The number of nitrogens with one attached hydrogen (secondary N) is 1. The van der Waals surface area contributed by atoms with Crippen LogP contribution in [-0.2, 0) is 7.05 Å². The molecule has 0 bridgehead atoms. The Bertz CT molecular complexity index is 273. The number of hydrogen-bond donors (Lipinski definition) is 2. The van der Waals surface area contributed by atoms with E-state index in [9.17, 15) is 0 Å². The van der Waals surface area contributed by atoms with Gasteiger partial charge in [0.1, 0.15) is 5.82 Å². The second-order valence-electron chi connectivity index (χ2n) is 3.26. The van der Waals surface area contributed by atoms with Gasteiger partial charge in [0.05, 0.1) is 6.20 Å². The Balaban J connectivity index is 2.26. The van der Waals surface area contributed by atoms with Crippen LogP contribution in [0.1, 0.15) is 24.4 Å². The van der Waals surface area contributed by atoms with Crippen molar-refractivity contribution >= 4 is 5.82 Å². The third-order valence-corrected chi connectivity index (χ3v) is 2.45. The van der Waals surface area contributed by atoms with Crippen molar-refractivity contribution in [2.75, 3.05) is 12.3 Å². The van der Waals surface area contributed by atoms with Crippen LogP contribution in [0.25, 0.3) is 0 Å². The molecule has 1 aliphatic heterocycles. The number of anilines is 1. The molecule has 1 aromatic rings. The van der Waals surface area contributed by atoms with Gasteiger partial charge in [-0.05, 0) is 19.4 Å². The molecule has 1 unspecified atom stereocenters. The van der Waals surface area contributed by atoms with Crippen molar-refractivity contribution in [3.8, 4) is 0 Å². The SMILES string of the molecule is Cn1ncc(C2CCCN2)c1N. The predicted molar refractivity (Wildman–Crippen MR) is 47.6 cm³/mol. The van der Waals surface area contributed by atoms with Gasteiger partial charge in [-0.2, -0.15) is 5.10 Å². The summed E-state index contributed by atoms with van der Waals surface area (Å²) >= 11 is 0. The molecular weight excluding hydrogens is 152 g/mol. The Morgan fingerprint density at radius 2 is 2.58 bits per heavy atom. The number of aromatic nitrogens is 2. The van der Waals surface area contributed by atoms with E-state index in [0.717, 1.165) is 17.9 Å². The molecule has 4 heteroatoms. The van der Waals surface area contributed by atoms with Crippen molar-refractivity contribution < 1.29 is 0 Å². The van der Waals surface area contributed by atoms with E-state index in [0.29, 0.717) is 6.04 Å². The van der Waals surface area contributed by atoms with E-state index in [4.69, 9.17) is 5.73 Å². The highest BCUT2D eigenvalue weighted by Gasteiger charge is 2.20. The van der Waals surface area contributed by atoms with Gasteiger partial charge < -0.3 is 11.1 Å². The Hall–Kier alpha value is -1.03. The van der Waals surface area contributed by atoms with Crippen LogP contribution in [0.2, 0.25) is 0 Å². The van der Waals surface area contributed by atoms with Gasteiger partial charge in [0, 0.05) is 18.7 Å². The first-order chi connectivity index (χ1) is 5.79. The summed E-state index contributed by atoms with van der Waals surface area (Å²) in [5.74, 6) is 0.786. The first-order valence-electron chi connectivity index (χ1n) is 4.30. The van der Waals surface area contributed by atoms with E-state index < -0.39 is 0 Å². The van der Waals surface area contributed by atoms with Crippen molar-refractivity contribution in [1.82, 2.24) is 15.1 Å². The van der Waals surface area contributed by atoms with Gasteiger partial charge in [0.15, 0.2) is 0 Å². The Labute approximate surface area is 71.7 Å². The third-order valence-electron chi connectivity index (χ3n) is 2.45. The molecule has 12 heavy (non-hydrogen) atoms. The summed E-state index contributed by atoms with van der Waals surface area (Å²) in [6.45, 7) is 1.10. The molecular formula is C8H14N4. The maximum Gasteiger partial charge on any atom is 0.126 e. The van der Waals surface area contributed by atoms with Gasteiger partial charge in [-0.25, -0.2) is 0 Å². The van der Waals surface area contributed by atoms with Crippen LogP contribution >= 0.6 is 0 Å². The minimum atomic E-state index is 0.429. The molecule has 2 heterocycles. The fraction of sp³-hybridized carbons (Fsp3) is 0.625. The summed E-state index contributed by atoms with van der Waals surface area (Å²) in [6.07, 6.45) is 4.27. The van der Waals surface area contributed by atoms with Gasteiger partial charge >= 0.3 is 0 Å². The highest BCUT2D eigenvalue weighted by Crippen LogP contribution is 2.26. The summed E-state index contributed by atoms with van der Waals surface area (Å²) in [5, 5.41) is 7.51. The first kappa shape index (κ1) is 7.61. The molecule has 1 saturated heterocycles. The lowest BCUT2D eigenvalue weighted by Gasteiger charge is -2.08. The van der Waals surface area contributed by atoms with E-state index in [-0.39, 0.29) is 0 Å². The summed E-state index contributed by atoms with van der Waals surface area (Å²) in [6, 6.07) is 0.429. The minimum absolute atomic E-state index is 0.429. The summed E-state index contributed by atoms with van der Waals surface area (Å²) < 4.78 is 1.72. The van der Waals surface area contributed by atoms with E-state index in [1.54, 1.807) is 4.68 Å². The largest absolute Gasteiger partial charge is 0.384 e. The number of nitrogen functional groups attached to an aromatic ring is 1. The average molecular weight is 166 g/mol. The maximum atomic E-state index is 5.84. The molecule has 1 atom stereocenters. The minimum Gasteiger partial charge on any atom is -0.384 e. The van der Waals surface area contributed by atoms with E-state index in [1.165, 1.54) is 12.8 Å². The molecule has 1 fully saturated rings. The van der Waals surface area contributed by atoms with Crippen molar-refractivity contribution in [3.05, 3.63) is 11.8 Å². The molecule has 0 aliphatic carbocycles. The summed E-state index contributed by atoms with van der Waals surface area (Å²) in [5.41, 5.74) is 6.99. The van der Waals surface area contributed by atoms with E-state index in [2.05, 4.69) is 10.4 Å². The van der Waals surface area contributed by atoms with Gasteiger partial charge in [-0.15, -0.1) is 0 Å². The van der Waals surface area contributed by atoms with Crippen molar-refractivity contribution in [1.29, 1.82) is 0 Å². The Kier molecular flexibility index (Phi) is 1.77. The normalized spacial score (nSPS) is 23.2. The second kappa shape index (κ2) is 2.79. The van der Waals surface area contributed by atoms with Gasteiger partial charge in [0.2, 0.25) is 0 Å². The van der Waals surface area contributed by atoms with Crippen LogP contribution in [-0.4, -0.2) is 16.3 Å². The number of nitrogens with zero attached hydrogens (tertiary/aromatic N) is 2. The zero-order chi connectivity index (χ0) is 8.55. The fourth-order valence-corrected chi connectivity index (χ4v) is 1.68. The monoisotopic (exact) mass is 166 g/mol. The van der Waals surface area contributed by atoms with Crippen molar-refractivity contribution in [2.45, 2.75) is 18.9 Å². The van der Waals surface area contributed by atoms with Crippen molar-refractivity contribution in [3.63, 3.8) is 0 Å². The lowest BCUT2D eigenvalue weighted by atomic mass is 10.1. The molecule has 0 radical (unpaired) electrons. The molecule has 0 spiro atoms. The van der Waals surface area contributed by atoms with Gasteiger partial charge in [-0.3, -0.25) is 4.68 Å². The van der Waals surface area contributed by atoms with E-state index in [1.807, 2.05) is 13.2 Å². The fourth-order valence-electron chi connectivity index (χ4n) is 1.68. The lowest BCUT2D eigenvalue weighted by Crippen LogP contribution is -2.14. The van der Waals surface area contributed by atoms with Crippen LogP contribution in [0.15, 0.2) is 6.20 Å². The molecule has 0 saturated carbocycles. The lowest BCUT2D eigenvalue weighted by molar-refractivity contribution is 0.649. The zero-order valence-corrected chi connectivity index (χ0v) is 7.25. The summed E-state index contributed by atoms with van der Waals surface area (Å²) in [7, 11) is 1.87. The van der Waals surface area contributed by atoms with Crippen LogP contribution in [0.4, 0.5) is 5.82 Å². The highest BCUT2D eigenvalue weighted by molar-refractivity contribution is 5.41. The predicted octanol–water partition coefficient (Wildman–Crippen LogP) is 0.427. The molecule has 2 rings (SSSR count). The van der Waals surface area contributed by atoms with Gasteiger partial charge in [0.25, 0.3) is 0 Å². The van der Waals surface area contributed by atoms with Crippen LogP contribution in [0.5, 0.6) is 0 Å². The van der Waals surface area contributed by atoms with Gasteiger partial charge in [-0.1, -0.05) is 0 Å². The zero-order valence-electron chi connectivity index (χ0n) is 7.25. The quantitative estimate of drug-likeness (QED) is 0.636. The molecule has 0 amide bonds. The molecule has 1 aliphatic rings. The van der Waals surface area contributed by atoms with Crippen LogP contribution in [0, 0.1) is 0 Å². The average Bonchev–Trinajstić information content (AvgIpc) is 2.64. The molecule has 66 valence electrons. The smallest absolute Gasteiger partial charge is 0.126 e. The molecule has 3 N–H and O–H groups in total. The second-order valence-corrected chi connectivity index (χ2v) is 3.26. The Morgan fingerprint density at radius 1 is 1.75 bits per heavy atom. The van der Waals surface area contributed by atoms with Crippen LogP contribution in [0.3, 0.4) is 0 Å². The number of nitrogens with two attached hydrogens (primary N) is 1. The van der Waals surface area contributed by atoms with E-state index >= 15 is 0 Å². The summed E-state index contributed by atoms with van der Waals surface area (Å²) in [4.78, 5) is 0. The molecule has 0 aromatic carbocycles. The first-order valence-corrected chi connectivity index (χ1v) is 4.30. The maximum absolute atomic E-state index is 5.84. The Morgan fingerprint density at radius 3 is 3.08 bits per heavy atom. The topological polar surface area (TPSA) is 55.9 Å². The number of rotatable bonds is 1. The van der Waals surface area contributed by atoms with Crippen LogP contribution < -0.4 is 11.1 Å². The standard InChI is InChI=1S/C8H14N4/c1-12-8(9)6(5-11-12)7-3-2-4-10-7/h5,7,10H,2-4,9H2,1H3. The molecule has 1 aromatic heterocycles.